The predicted molar refractivity (Wildman–Crippen MR) is 47.8 cm³/mol. The van der Waals surface area contributed by atoms with Crippen LogP contribution < -0.4 is 16.8 Å². The van der Waals surface area contributed by atoms with Crippen LogP contribution in [-0.4, -0.2) is 29.8 Å². The number of amides is 1. The Morgan fingerprint density at radius 2 is 2.15 bits per heavy atom. The second kappa shape index (κ2) is 3.43. The third-order valence-corrected chi connectivity index (χ3v) is 2.41. The third kappa shape index (κ3) is 1.57. The minimum atomic E-state index is -1.20. The topological polar surface area (TPSA) is 98.2 Å². The smallest absolute Gasteiger partial charge is 0.245 e. The molecule has 1 fully saturated rings. The fourth-order valence-corrected chi connectivity index (χ4v) is 1.67. The summed E-state index contributed by atoms with van der Waals surface area (Å²) in [6, 6.07) is -0.655. The molecular formula is C8H15N3O2. The van der Waals surface area contributed by atoms with Gasteiger partial charge in [0.05, 0.1) is 6.04 Å². The average molecular weight is 185 g/mol. The lowest BCUT2D eigenvalue weighted by molar-refractivity contribution is -0.135. The summed E-state index contributed by atoms with van der Waals surface area (Å²) >= 11 is 0. The van der Waals surface area contributed by atoms with E-state index in [0.717, 1.165) is 6.42 Å². The second-order valence-electron chi connectivity index (χ2n) is 3.45. The van der Waals surface area contributed by atoms with Gasteiger partial charge in [-0.15, -0.1) is 0 Å². The van der Waals surface area contributed by atoms with Gasteiger partial charge in [-0.05, 0) is 26.3 Å². The maximum Gasteiger partial charge on any atom is 0.245 e. The predicted octanol–water partition coefficient (Wildman–Crippen LogP) is -1.49. The molecule has 1 amide bonds. The van der Waals surface area contributed by atoms with Gasteiger partial charge in [0.15, 0.2) is 11.3 Å². The number of hydrogen-bond acceptors (Lipinski definition) is 4. The molecule has 0 saturated carbocycles. The molecule has 0 bridgehead atoms. The van der Waals surface area contributed by atoms with Crippen LogP contribution in [0.4, 0.5) is 0 Å². The molecule has 2 atom stereocenters. The Labute approximate surface area is 76.8 Å². The molecule has 13 heavy (non-hydrogen) atoms. The van der Waals surface area contributed by atoms with Crippen LogP contribution >= 0.6 is 0 Å². The number of primary amides is 1. The normalized spacial score (nSPS) is 30.0. The van der Waals surface area contributed by atoms with E-state index in [9.17, 15) is 9.59 Å². The number of nitrogens with one attached hydrogen (secondary N) is 1. The van der Waals surface area contributed by atoms with Crippen LogP contribution in [0.3, 0.4) is 0 Å². The number of ketones is 1. The monoisotopic (exact) mass is 185 g/mol. The summed E-state index contributed by atoms with van der Waals surface area (Å²) < 4.78 is 0. The molecule has 0 spiro atoms. The fraction of sp³-hybridized carbons (Fsp3) is 0.750. The van der Waals surface area contributed by atoms with Gasteiger partial charge in [-0.3, -0.25) is 14.9 Å². The highest BCUT2D eigenvalue weighted by molar-refractivity contribution is 6.12. The molecule has 5 nitrogen and oxygen atoms in total. The second-order valence-corrected chi connectivity index (χ2v) is 3.45. The highest BCUT2D eigenvalue weighted by Crippen LogP contribution is 2.20. The number of hydrogen-bond donors (Lipinski definition) is 3. The van der Waals surface area contributed by atoms with Crippen LogP contribution in [0.25, 0.3) is 0 Å². The average Bonchev–Trinajstić information content (AvgIpc) is 2.51. The molecule has 0 aromatic rings. The van der Waals surface area contributed by atoms with E-state index >= 15 is 0 Å². The summed E-state index contributed by atoms with van der Waals surface area (Å²) in [6.07, 6.45) is 1.24. The van der Waals surface area contributed by atoms with Crippen LogP contribution in [0.5, 0.6) is 0 Å². The zero-order chi connectivity index (χ0) is 10.1. The molecule has 5 N–H and O–H groups in total. The summed E-state index contributed by atoms with van der Waals surface area (Å²) in [5, 5.41) is 2.85. The lowest BCUT2D eigenvalue weighted by atomic mass is 9.88. The van der Waals surface area contributed by atoms with Crippen LogP contribution in [0.15, 0.2) is 0 Å². The van der Waals surface area contributed by atoms with E-state index in [1.807, 2.05) is 0 Å². The van der Waals surface area contributed by atoms with Crippen molar-refractivity contribution < 1.29 is 9.59 Å². The molecule has 1 aliphatic rings. The van der Waals surface area contributed by atoms with E-state index in [1.54, 1.807) is 6.92 Å². The van der Waals surface area contributed by atoms with Crippen LogP contribution in [0.1, 0.15) is 19.8 Å². The lowest BCUT2D eigenvalue weighted by Gasteiger charge is -2.25. The maximum atomic E-state index is 11.6. The Morgan fingerprint density at radius 3 is 2.46 bits per heavy atom. The molecule has 0 aliphatic carbocycles. The van der Waals surface area contributed by atoms with Crippen molar-refractivity contribution in [3.8, 4) is 0 Å². The molecular weight excluding hydrogens is 170 g/mol. The van der Waals surface area contributed by atoms with Crippen molar-refractivity contribution in [2.45, 2.75) is 31.3 Å². The number of rotatable bonds is 3. The largest absolute Gasteiger partial charge is 0.368 e. The molecule has 0 unspecified atom stereocenters. The van der Waals surface area contributed by atoms with Crippen molar-refractivity contribution in [2.75, 3.05) is 6.54 Å². The van der Waals surface area contributed by atoms with Crippen molar-refractivity contribution in [1.29, 1.82) is 0 Å². The maximum absolute atomic E-state index is 11.6. The van der Waals surface area contributed by atoms with Crippen molar-refractivity contribution in [2.24, 2.45) is 11.5 Å². The molecule has 74 valence electrons. The van der Waals surface area contributed by atoms with E-state index < -0.39 is 17.5 Å². The lowest BCUT2D eigenvalue weighted by Crippen LogP contribution is -2.61. The summed E-state index contributed by atoms with van der Waals surface area (Å²) in [5.41, 5.74) is 9.43. The Morgan fingerprint density at radius 1 is 1.54 bits per heavy atom. The summed E-state index contributed by atoms with van der Waals surface area (Å²) in [7, 11) is 0. The van der Waals surface area contributed by atoms with Gasteiger partial charge in [0.2, 0.25) is 5.91 Å². The molecule has 0 aromatic heterocycles. The number of nitrogens with two attached hydrogens (primary N) is 2. The minimum Gasteiger partial charge on any atom is -0.368 e. The first-order valence-corrected chi connectivity index (χ1v) is 4.35. The molecule has 5 heteroatoms. The zero-order valence-corrected chi connectivity index (χ0v) is 7.67. The SMILES string of the molecule is C[C@H](N)C(=O)[C@@]1(C(N)=O)CCCN1. The molecule has 1 saturated heterocycles. The van der Waals surface area contributed by atoms with E-state index in [-0.39, 0.29) is 5.78 Å². The minimum absolute atomic E-state index is 0.308. The molecule has 1 aliphatic heterocycles. The van der Waals surface area contributed by atoms with Crippen molar-refractivity contribution in [3.63, 3.8) is 0 Å². The summed E-state index contributed by atoms with van der Waals surface area (Å²) in [5.74, 6) is -0.926. The molecule has 1 heterocycles. The number of carbonyl (C=O) groups is 2. The highest BCUT2D eigenvalue weighted by Gasteiger charge is 2.47. The van der Waals surface area contributed by atoms with Gasteiger partial charge < -0.3 is 11.5 Å². The zero-order valence-electron chi connectivity index (χ0n) is 7.67. The Balaban J connectivity index is 2.91. The van der Waals surface area contributed by atoms with Gasteiger partial charge >= 0.3 is 0 Å². The van der Waals surface area contributed by atoms with Gasteiger partial charge in [-0.2, -0.15) is 0 Å². The quantitative estimate of drug-likeness (QED) is 0.466. The Bertz CT molecular complexity index is 232. The number of carbonyl (C=O) groups excluding carboxylic acids is 2. The summed E-state index contributed by atoms with van der Waals surface area (Å²) in [6.45, 7) is 2.20. The van der Waals surface area contributed by atoms with Crippen LogP contribution in [-0.2, 0) is 9.59 Å². The molecule has 1 rings (SSSR count). The van der Waals surface area contributed by atoms with Crippen molar-refractivity contribution >= 4 is 11.7 Å². The van der Waals surface area contributed by atoms with E-state index in [2.05, 4.69) is 5.32 Å². The fourth-order valence-electron chi connectivity index (χ4n) is 1.67. The highest BCUT2D eigenvalue weighted by atomic mass is 16.2. The third-order valence-electron chi connectivity index (χ3n) is 2.41. The van der Waals surface area contributed by atoms with Gasteiger partial charge in [-0.25, -0.2) is 0 Å². The first-order chi connectivity index (χ1) is 6.00. The first kappa shape index (κ1) is 10.1. The standard InChI is InChI=1S/C8H15N3O2/c1-5(9)6(12)8(7(10)13)3-2-4-11-8/h5,11H,2-4,9H2,1H3,(H2,10,13)/t5-,8+/m0/s1. The van der Waals surface area contributed by atoms with E-state index in [1.165, 1.54) is 0 Å². The van der Waals surface area contributed by atoms with Gasteiger partial charge in [0.1, 0.15) is 0 Å². The molecule has 0 radical (unpaired) electrons. The van der Waals surface area contributed by atoms with Gasteiger partial charge in [0, 0.05) is 0 Å². The Hall–Kier alpha value is -0.940. The van der Waals surface area contributed by atoms with Crippen LogP contribution in [0.2, 0.25) is 0 Å². The van der Waals surface area contributed by atoms with Gasteiger partial charge in [-0.1, -0.05) is 0 Å². The number of Topliss-reactive ketones (excluding diaryl/α,β-unsaturated/α-hetero) is 1. The van der Waals surface area contributed by atoms with Crippen molar-refractivity contribution in [3.05, 3.63) is 0 Å². The van der Waals surface area contributed by atoms with Crippen molar-refractivity contribution in [1.82, 2.24) is 5.32 Å². The van der Waals surface area contributed by atoms with E-state index in [0.29, 0.717) is 13.0 Å². The Kier molecular flexibility index (Phi) is 2.68. The van der Waals surface area contributed by atoms with Gasteiger partial charge in [0.25, 0.3) is 0 Å². The van der Waals surface area contributed by atoms with Crippen LogP contribution in [0, 0.1) is 0 Å². The summed E-state index contributed by atoms with van der Waals surface area (Å²) in [4.78, 5) is 22.8. The van der Waals surface area contributed by atoms with E-state index in [4.69, 9.17) is 11.5 Å². The molecule has 0 aromatic carbocycles. The first-order valence-electron chi connectivity index (χ1n) is 4.35.